The summed E-state index contributed by atoms with van der Waals surface area (Å²) < 4.78 is 44.9. The van der Waals surface area contributed by atoms with Gasteiger partial charge in [-0.1, -0.05) is 0 Å². The Hall–Kier alpha value is -3.03. The molecule has 2 rings (SSSR count). The summed E-state index contributed by atoms with van der Waals surface area (Å²) in [6.45, 7) is 3.76. The van der Waals surface area contributed by atoms with E-state index in [2.05, 4.69) is 5.32 Å². The summed E-state index contributed by atoms with van der Waals surface area (Å²) in [5.74, 6) is -5.49. The maximum atomic E-state index is 13.5. The number of halogens is 3. The number of benzene rings is 2. The third-order valence-electron chi connectivity index (χ3n) is 3.14. The van der Waals surface area contributed by atoms with Crippen molar-refractivity contribution in [2.24, 2.45) is 0 Å². The van der Waals surface area contributed by atoms with E-state index in [0.717, 1.165) is 6.07 Å². The summed E-state index contributed by atoms with van der Waals surface area (Å²) in [5.41, 5.74) is -0.102. The molecule has 0 spiro atoms. The maximum Gasteiger partial charge on any atom is 0.233 e. The van der Waals surface area contributed by atoms with Crippen molar-refractivity contribution in [2.75, 3.05) is 10.6 Å². The monoisotopic (exact) mass is 366 g/mol. The van der Waals surface area contributed by atoms with Crippen LogP contribution < -0.4 is 15.4 Å². The fraction of sp³-hybridized carbons (Fsp3) is 0.222. The lowest BCUT2D eigenvalue weighted by Crippen LogP contribution is -2.22. The molecule has 26 heavy (non-hydrogen) atoms. The molecule has 0 saturated heterocycles. The molecule has 0 aliphatic carbocycles. The molecule has 2 amide bonds. The quantitative estimate of drug-likeness (QED) is 0.603. The first kappa shape index (κ1) is 19.3. The van der Waals surface area contributed by atoms with Crippen molar-refractivity contribution >= 4 is 23.2 Å². The number of nitrogens with one attached hydrogen (secondary N) is 2. The molecule has 0 saturated carbocycles. The van der Waals surface area contributed by atoms with Gasteiger partial charge in [-0.25, -0.2) is 13.2 Å². The van der Waals surface area contributed by atoms with E-state index in [9.17, 15) is 22.8 Å². The Balaban J connectivity index is 1.91. The molecule has 0 unspecified atom stereocenters. The van der Waals surface area contributed by atoms with Crippen molar-refractivity contribution in [3.63, 3.8) is 0 Å². The van der Waals surface area contributed by atoms with Crippen molar-refractivity contribution in [1.82, 2.24) is 0 Å². The Morgan fingerprint density at radius 2 is 1.54 bits per heavy atom. The molecule has 5 nitrogen and oxygen atoms in total. The minimum Gasteiger partial charge on any atom is -0.491 e. The summed E-state index contributed by atoms with van der Waals surface area (Å²) in [6.07, 6.45) is -0.612. The van der Waals surface area contributed by atoms with Gasteiger partial charge in [-0.2, -0.15) is 0 Å². The van der Waals surface area contributed by atoms with Crippen LogP contribution >= 0.6 is 0 Å². The van der Waals surface area contributed by atoms with Crippen LogP contribution in [0.15, 0.2) is 36.4 Å². The zero-order valence-corrected chi connectivity index (χ0v) is 14.1. The third-order valence-corrected chi connectivity index (χ3v) is 3.14. The van der Waals surface area contributed by atoms with E-state index in [-0.39, 0.29) is 6.10 Å². The molecular formula is C18H17F3N2O3. The van der Waals surface area contributed by atoms with Gasteiger partial charge in [0.2, 0.25) is 11.8 Å². The van der Waals surface area contributed by atoms with Crippen LogP contribution in [0.5, 0.6) is 5.75 Å². The smallest absolute Gasteiger partial charge is 0.233 e. The Kier molecular flexibility index (Phi) is 6.21. The Morgan fingerprint density at radius 1 is 0.923 bits per heavy atom. The Bertz CT molecular complexity index is 808. The van der Waals surface area contributed by atoms with E-state index in [1.807, 2.05) is 19.2 Å². The van der Waals surface area contributed by atoms with E-state index < -0.39 is 41.4 Å². The second-order valence-corrected chi connectivity index (χ2v) is 5.69. The van der Waals surface area contributed by atoms with Gasteiger partial charge in [0.25, 0.3) is 0 Å². The van der Waals surface area contributed by atoms with Gasteiger partial charge in [-0.05, 0) is 50.2 Å². The Morgan fingerprint density at radius 3 is 2.15 bits per heavy atom. The summed E-state index contributed by atoms with van der Waals surface area (Å²) in [7, 11) is 0. The Labute approximate surface area is 148 Å². The molecule has 138 valence electrons. The van der Waals surface area contributed by atoms with Gasteiger partial charge in [-0.15, -0.1) is 0 Å². The number of rotatable bonds is 6. The van der Waals surface area contributed by atoms with E-state index in [1.54, 1.807) is 24.3 Å². The molecule has 0 bridgehead atoms. The van der Waals surface area contributed by atoms with Crippen LogP contribution in [0.2, 0.25) is 0 Å². The van der Waals surface area contributed by atoms with Gasteiger partial charge in [0.1, 0.15) is 12.2 Å². The fourth-order valence-electron chi connectivity index (χ4n) is 2.06. The number of anilines is 2. The van der Waals surface area contributed by atoms with E-state index in [4.69, 9.17) is 4.74 Å². The largest absolute Gasteiger partial charge is 0.491 e. The standard InChI is InChI=1S/C18H17F3N2O3/c1-10(2)26-12-5-3-11(4-6-12)22-15(24)9-16(25)23-14-8-7-13(19)17(20)18(14)21/h3-8,10H,9H2,1-2H3,(H,22,24)(H,23,25). The zero-order chi connectivity index (χ0) is 19.3. The molecule has 0 aromatic heterocycles. The summed E-state index contributed by atoms with van der Waals surface area (Å²) >= 11 is 0. The van der Waals surface area contributed by atoms with Crippen molar-refractivity contribution in [3.8, 4) is 5.75 Å². The number of ether oxygens (including phenoxy) is 1. The summed E-state index contributed by atoms with van der Waals surface area (Å²) in [6, 6.07) is 8.07. The number of hydrogen-bond donors (Lipinski definition) is 2. The predicted molar refractivity (Wildman–Crippen MR) is 90.4 cm³/mol. The number of amides is 2. The SMILES string of the molecule is CC(C)Oc1ccc(NC(=O)CC(=O)Nc2ccc(F)c(F)c2F)cc1. The van der Waals surface area contributed by atoms with Gasteiger partial charge in [0, 0.05) is 5.69 Å². The lowest BCUT2D eigenvalue weighted by Gasteiger charge is -2.11. The normalized spacial score (nSPS) is 10.5. The third kappa shape index (κ3) is 5.23. The van der Waals surface area contributed by atoms with Crippen molar-refractivity contribution in [1.29, 1.82) is 0 Å². The molecule has 0 aliphatic rings. The minimum absolute atomic E-state index is 0.0100. The van der Waals surface area contributed by atoms with Gasteiger partial charge in [0.05, 0.1) is 11.8 Å². The average molecular weight is 366 g/mol. The number of hydrogen-bond acceptors (Lipinski definition) is 3. The zero-order valence-electron chi connectivity index (χ0n) is 14.1. The van der Waals surface area contributed by atoms with Gasteiger partial charge in [-0.3, -0.25) is 9.59 Å². The molecular weight excluding hydrogens is 349 g/mol. The van der Waals surface area contributed by atoms with Crippen LogP contribution in [0.3, 0.4) is 0 Å². The molecule has 2 aromatic rings. The highest BCUT2D eigenvalue weighted by molar-refractivity contribution is 6.08. The molecule has 0 atom stereocenters. The molecule has 2 N–H and O–H groups in total. The van der Waals surface area contributed by atoms with Crippen LogP contribution in [0.4, 0.5) is 24.5 Å². The summed E-state index contributed by atoms with van der Waals surface area (Å²) in [5, 5.41) is 4.52. The molecule has 0 radical (unpaired) electrons. The first-order chi connectivity index (χ1) is 12.3. The second-order valence-electron chi connectivity index (χ2n) is 5.69. The lowest BCUT2D eigenvalue weighted by molar-refractivity contribution is -0.123. The highest BCUT2D eigenvalue weighted by Gasteiger charge is 2.17. The number of carbonyl (C=O) groups is 2. The highest BCUT2D eigenvalue weighted by Crippen LogP contribution is 2.20. The van der Waals surface area contributed by atoms with Crippen molar-refractivity contribution < 1.29 is 27.5 Å². The highest BCUT2D eigenvalue weighted by atomic mass is 19.2. The second kappa shape index (κ2) is 8.37. The van der Waals surface area contributed by atoms with E-state index >= 15 is 0 Å². The number of carbonyl (C=O) groups excluding carboxylic acids is 2. The first-order valence-electron chi connectivity index (χ1n) is 7.76. The van der Waals surface area contributed by atoms with Crippen LogP contribution in [-0.2, 0) is 9.59 Å². The maximum absolute atomic E-state index is 13.5. The average Bonchev–Trinajstić information content (AvgIpc) is 2.56. The molecule has 2 aromatic carbocycles. The van der Waals surface area contributed by atoms with E-state index in [1.165, 1.54) is 0 Å². The molecule has 0 heterocycles. The van der Waals surface area contributed by atoms with Crippen molar-refractivity contribution in [2.45, 2.75) is 26.4 Å². The van der Waals surface area contributed by atoms with Crippen LogP contribution in [0, 0.1) is 17.5 Å². The fourth-order valence-corrected chi connectivity index (χ4v) is 2.06. The van der Waals surface area contributed by atoms with Gasteiger partial charge >= 0.3 is 0 Å². The predicted octanol–water partition coefficient (Wildman–Crippen LogP) is 3.86. The minimum atomic E-state index is -1.70. The van der Waals surface area contributed by atoms with Crippen LogP contribution in [0.1, 0.15) is 20.3 Å². The van der Waals surface area contributed by atoms with Gasteiger partial charge in [0.15, 0.2) is 17.5 Å². The lowest BCUT2D eigenvalue weighted by atomic mass is 10.2. The van der Waals surface area contributed by atoms with Crippen LogP contribution in [0.25, 0.3) is 0 Å². The molecule has 8 heteroatoms. The topological polar surface area (TPSA) is 67.4 Å². The van der Waals surface area contributed by atoms with Crippen LogP contribution in [-0.4, -0.2) is 17.9 Å². The first-order valence-corrected chi connectivity index (χ1v) is 7.76. The van der Waals surface area contributed by atoms with Crippen molar-refractivity contribution in [3.05, 3.63) is 53.8 Å². The summed E-state index contributed by atoms with van der Waals surface area (Å²) in [4.78, 5) is 23.6. The molecule has 0 aliphatic heterocycles. The van der Waals surface area contributed by atoms with E-state index in [0.29, 0.717) is 17.5 Å². The van der Waals surface area contributed by atoms with Gasteiger partial charge < -0.3 is 15.4 Å². The molecule has 0 fully saturated rings.